The Kier molecular flexibility index (Phi) is 7.18. The van der Waals surface area contributed by atoms with Gasteiger partial charge >= 0.3 is 0 Å². The second kappa shape index (κ2) is 10.0. The molecule has 0 aliphatic heterocycles. The largest absolute Gasteiger partial charge is 0.490 e. The number of aryl methyl sites for hydroxylation is 2. The number of fused-ring (bicyclic) bond motifs is 1. The van der Waals surface area contributed by atoms with Crippen LogP contribution in [0.5, 0.6) is 17.2 Å². The smallest absolute Gasteiger partial charge is 0.257 e. The van der Waals surface area contributed by atoms with E-state index in [-0.39, 0.29) is 12.5 Å². The van der Waals surface area contributed by atoms with Crippen molar-refractivity contribution in [1.29, 1.82) is 0 Å². The van der Waals surface area contributed by atoms with Crippen molar-refractivity contribution >= 4 is 5.91 Å². The summed E-state index contributed by atoms with van der Waals surface area (Å²) in [5.74, 6) is 2.15. The van der Waals surface area contributed by atoms with Crippen LogP contribution in [0.2, 0.25) is 0 Å². The first-order chi connectivity index (χ1) is 13.7. The van der Waals surface area contributed by atoms with E-state index in [0.29, 0.717) is 19.8 Å². The fourth-order valence-electron chi connectivity index (χ4n) is 3.44. The molecule has 0 radical (unpaired) electrons. The second-order valence-corrected chi connectivity index (χ2v) is 6.82. The Hall–Kier alpha value is -2.69. The molecule has 150 valence electrons. The van der Waals surface area contributed by atoms with E-state index < -0.39 is 0 Å². The van der Waals surface area contributed by atoms with Gasteiger partial charge < -0.3 is 19.5 Å². The van der Waals surface area contributed by atoms with E-state index in [0.717, 1.165) is 42.1 Å². The van der Waals surface area contributed by atoms with Crippen molar-refractivity contribution in [3.05, 3.63) is 53.1 Å². The maximum absolute atomic E-state index is 12.1. The number of nitrogens with one attached hydrogen (secondary N) is 1. The van der Waals surface area contributed by atoms with Gasteiger partial charge in [0.2, 0.25) is 0 Å². The lowest BCUT2D eigenvalue weighted by Crippen LogP contribution is -2.30. The fourth-order valence-corrected chi connectivity index (χ4v) is 3.44. The zero-order valence-corrected chi connectivity index (χ0v) is 16.8. The summed E-state index contributed by atoms with van der Waals surface area (Å²) in [5.41, 5.74) is 3.84. The molecule has 0 fully saturated rings. The van der Waals surface area contributed by atoms with Gasteiger partial charge in [0.15, 0.2) is 18.1 Å². The number of benzene rings is 2. The number of amides is 1. The predicted molar refractivity (Wildman–Crippen MR) is 109 cm³/mol. The van der Waals surface area contributed by atoms with E-state index in [1.54, 1.807) is 0 Å². The van der Waals surface area contributed by atoms with Crippen molar-refractivity contribution < 1.29 is 19.0 Å². The van der Waals surface area contributed by atoms with Gasteiger partial charge in [-0.15, -0.1) is 0 Å². The first kappa shape index (κ1) is 20.1. The van der Waals surface area contributed by atoms with Crippen LogP contribution in [0.15, 0.2) is 36.4 Å². The Labute approximate surface area is 167 Å². The number of hydrogen-bond donors (Lipinski definition) is 1. The second-order valence-electron chi connectivity index (χ2n) is 6.82. The Morgan fingerprint density at radius 3 is 2.54 bits per heavy atom. The van der Waals surface area contributed by atoms with Crippen LogP contribution in [-0.4, -0.2) is 32.3 Å². The molecule has 0 saturated heterocycles. The van der Waals surface area contributed by atoms with E-state index in [1.807, 2.05) is 38.1 Å². The molecule has 0 saturated carbocycles. The highest BCUT2D eigenvalue weighted by Gasteiger charge is 2.12. The third kappa shape index (κ3) is 5.41. The Balaban J connectivity index is 1.44. The van der Waals surface area contributed by atoms with Crippen LogP contribution in [0.25, 0.3) is 0 Å². The van der Waals surface area contributed by atoms with E-state index in [9.17, 15) is 4.79 Å². The van der Waals surface area contributed by atoms with Crippen molar-refractivity contribution in [2.24, 2.45) is 0 Å². The van der Waals surface area contributed by atoms with E-state index in [2.05, 4.69) is 17.4 Å². The summed E-state index contributed by atoms with van der Waals surface area (Å²) >= 11 is 0. The molecule has 0 unspecified atom stereocenters. The van der Waals surface area contributed by atoms with Gasteiger partial charge in [-0.3, -0.25) is 4.79 Å². The third-order valence-electron chi connectivity index (χ3n) is 4.78. The summed E-state index contributed by atoms with van der Waals surface area (Å²) < 4.78 is 16.9. The van der Waals surface area contributed by atoms with Gasteiger partial charge in [0.25, 0.3) is 5.91 Å². The molecule has 0 heterocycles. The van der Waals surface area contributed by atoms with Gasteiger partial charge in [-0.2, -0.15) is 0 Å². The van der Waals surface area contributed by atoms with Crippen molar-refractivity contribution in [2.75, 3.05) is 26.4 Å². The van der Waals surface area contributed by atoms with Gasteiger partial charge in [-0.25, -0.2) is 0 Å². The molecule has 3 rings (SSSR count). The molecule has 5 heteroatoms. The molecule has 0 aromatic heterocycles. The van der Waals surface area contributed by atoms with Crippen LogP contribution in [-0.2, 0) is 24.1 Å². The minimum Gasteiger partial charge on any atom is -0.490 e. The lowest BCUT2D eigenvalue weighted by molar-refractivity contribution is -0.123. The molecule has 28 heavy (non-hydrogen) atoms. The van der Waals surface area contributed by atoms with Gasteiger partial charge in [0, 0.05) is 6.54 Å². The molecule has 2 aromatic rings. The zero-order valence-electron chi connectivity index (χ0n) is 16.8. The zero-order chi connectivity index (χ0) is 19.8. The summed E-state index contributed by atoms with van der Waals surface area (Å²) in [4.78, 5) is 12.1. The monoisotopic (exact) mass is 383 g/mol. The summed E-state index contributed by atoms with van der Waals surface area (Å²) in [5, 5.41) is 2.91. The molecule has 1 aliphatic carbocycles. The minimum absolute atomic E-state index is 0.0340. The van der Waals surface area contributed by atoms with Crippen LogP contribution in [0.4, 0.5) is 0 Å². The third-order valence-corrected chi connectivity index (χ3v) is 4.78. The standard InChI is InChI=1S/C23H29NO4/c1-3-26-21-11-8-17(14-22(21)27-4-2)12-13-24-23(25)16-28-20-10-9-18-6-5-7-19(18)15-20/h8-11,14-15H,3-7,12-13,16H2,1-2H3,(H,24,25). The van der Waals surface area contributed by atoms with Crippen molar-refractivity contribution in [3.63, 3.8) is 0 Å². The van der Waals surface area contributed by atoms with Crippen molar-refractivity contribution in [1.82, 2.24) is 5.32 Å². The Morgan fingerprint density at radius 2 is 1.71 bits per heavy atom. The molecule has 5 nitrogen and oxygen atoms in total. The van der Waals surface area contributed by atoms with Gasteiger partial charge in [0.05, 0.1) is 13.2 Å². The van der Waals surface area contributed by atoms with E-state index in [1.165, 1.54) is 17.5 Å². The van der Waals surface area contributed by atoms with Gasteiger partial charge in [-0.05, 0) is 80.5 Å². The fraction of sp³-hybridized carbons (Fsp3) is 0.435. The van der Waals surface area contributed by atoms with Crippen LogP contribution >= 0.6 is 0 Å². The van der Waals surface area contributed by atoms with Gasteiger partial charge in [-0.1, -0.05) is 12.1 Å². The maximum atomic E-state index is 12.1. The van der Waals surface area contributed by atoms with Crippen molar-refractivity contribution in [3.8, 4) is 17.2 Å². The van der Waals surface area contributed by atoms with Gasteiger partial charge in [0.1, 0.15) is 5.75 Å². The summed E-state index contributed by atoms with van der Waals surface area (Å²) in [6.07, 6.45) is 4.17. The Morgan fingerprint density at radius 1 is 0.929 bits per heavy atom. The molecule has 0 atom stereocenters. The molecular formula is C23H29NO4. The Bertz CT molecular complexity index is 803. The first-order valence-corrected chi connectivity index (χ1v) is 10.1. The molecule has 1 N–H and O–H groups in total. The normalized spacial score (nSPS) is 12.4. The first-order valence-electron chi connectivity index (χ1n) is 10.1. The molecule has 0 bridgehead atoms. The number of carbonyl (C=O) groups is 1. The highest BCUT2D eigenvalue weighted by Crippen LogP contribution is 2.28. The summed E-state index contributed by atoms with van der Waals surface area (Å²) in [7, 11) is 0. The minimum atomic E-state index is -0.114. The maximum Gasteiger partial charge on any atom is 0.257 e. The number of rotatable bonds is 10. The topological polar surface area (TPSA) is 56.8 Å². The predicted octanol–water partition coefficient (Wildman–Crippen LogP) is 3.71. The quantitative estimate of drug-likeness (QED) is 0.680. The molecular weight excluding hydrogens is 354 g/mol. The molecule has 1 aliphatic rings. The number of hydrogen-bond acceptors (Lipinski definition) is 4. The average Bonchev–Trinajstić information content (AvgIpc) is 3.16. The summed E-state index contributed by atoms with van der Waals surface area (Å²) in [6.45, 7) is 5.66. The van der Waals surface area contributed by atoms with Crippen LogP contribution in [0, 0.1) is 0 Å². The lowest BCUT2D eigenvalue weighted by Gasteiger charge is -2.13. The highest BCUT2D eigenvalue weighted by molar-refractivity contribution is 5.77. The molecule has 1 amide bonds. The van der Waals surface area contributed by atoms with E-state index in [4.69, 9.17) is 14.2 Å². The van der Waals surface area contributed by atoms with Crippen molar-refractivity contribution in [2.45, 2.75) is 39.5 Å². The number of ether oxygens (including phenoxy) is 3. The van der Waals surface area contributed by atoms with Crippen LogP contribution in [0.1, 0.15) is 37.0 Å². The van der Waals surface area contributed by atoms with Crippen LogP contribution in [0.3, 0.4) is 0 Å². The molecule has 0 spiro atoms. The summed E-state index contributed by atoms with van der Waals surface area (Å²) in [6, 6.07) is 12.0. The SMILES string of the molecule is CCOc1ccc(CCNC(=O)COc2ccc3c(c2)CCC3)cc1OCC. The average molecular weight is 383 g/mol. The molecule has 2 aromatic carbocycles. The van der Waals surface area contributed by atoms with E-state index >= 15 is 0 Å². The van der Waals surface area contributed by atoms with Crippen LogP contribution < -0.4 is 19.5 Å². The lowest BCUT2D eigenvalue weighted by atomic mass is 10.1. The highest BCUT2D eigenvalue weighted by atomic mass is 16.5. The number of carbonyl (C=O) groups excluding carboxylic acids is 1.